The highest BCUT2D eigenvalue weighted by Crippen LogP contribution is 2.36. The number of fused-ring (bicyclic) bond motifs is 5. The summed E-state index contributed by atoms with van der Waals surface area (Å²) in [7, 11) is 0. The molecule has 2 aromatic rings. The summed E-state index contributed by atoms with van der Waals surface area (Å²) in [6, 6.07) is 12.2. The van der Waals surface area contributed by atoms with Crippen LogP contribution in [0.3, 0.4) is 0 Å². The molecule has 0 N–H and O–H groups in total. The highest BCUT2D eigenvalue weighted by atomic mass is 15.1. The molecule has 0 bridgehead atoms. The fraction of sp³-hybridized carbons (Fsp3) is 0. The van der Waals surface area contributed by atoms with E-state index < -0.39 is 0 Å². The summed E-state index contributed by atoms with van der Waals surface area (Å²) in [5.41, 5.74) is 4.24. The van der Waals surface area contributed by atoms with E-state index in [1.165, 1.54) is 0 Å². The van der Waals surface area contributed by atoms with Crippen LogP contribution in [-0.4, -0.2) is 0 Å². The Labute approximate surface area is 91.5 Å². The third-order valence-corrected chi connectivity index (χ3v) is 2.96. The van der Waals surface area contributed by atoms with Crippen molar-refractivity contribution in [3.05, 3.63) is 47.0 Å². The maximum Gasteiger partial charge on any atom is 0.105 e. The van der Waals surface area contributed by atoms with Crippen LogP contribution in [0.15, 0.2) is 51.6 Å². The largest absolute Gasteiger partial charge is 0.248 e. The van der Waals surface area contributed by atoms with E-state index in [0.717, 1.165) is 33.1 Å². The van der Waals surface area contributed by atoms with Gasteiger partial charge in [-0.2, -0.15) is 5.11 Å². The molecule has 0 atom stereocenters. The van der Waals surface area contributed by atoms with Gasteiger partial charge in [0.15, 0.2) is 0 Å². The van der Waals surface area contributed by atoms with Crippen molar-refractivity contribution in [1.29, 1.82) is 0 Å². The quantitative estimate of drug-likeness (QED) is 0.540. The van der Waals surface area contributed by atoms with Gasteiger partial charge < -0.3 is 0 Å². The molecule has 0 saturated carbocycles. The van der Waals surface area contributed by atoms with Crippen LogP contribution >= 0.6 is 0 Å². The number of azo groups is 1. The lowest BCUT2D eigenvalue weighted by Crippen LogP contribution is -2.08. The second-order valence-corrected chi connectivity index (χ2v) is 3.87. The molecule has 2 heterocycles. The van der Waals surface area contributed by atoms with Gasteiger partial charge in [0.25, 0.3) is 0 Å². The van der Waals surface area contributed by atoms with Gasteiger partial charge in [0.05, 0.1) is 17.2 Å². The lowest BCUT2D eigenvalue weighted by molar-refractivity contribution is 1.31. The van der Waals surface area contributed by atoms with E-state index in [9.17, 15) is 0 Å². The van der Waals surface area contributed by atoms with Crippen LogP contribution in [0.4, 0.5) is 11.4 Å². The van der Waals surface area contributed by atoms with Crippen LogP contribution in [0.1, 0.15) is 0 Å². The van der Waals surface area contributed by atoms with Crippen LogP contribution < -0.4 is 10.6 Å². The predicted octanol–water partition coefficient (Wildman–Crippen LogP) is 2.45. The van der Waals surface area contributed by atoms with E-state index in [1.54, 1.807) is 6.20 Å². The van der Waals surface area contributed by atoms with E-state index in [1.807, 2.05) is 30.3 Å². The van der Waals surface area contributed by atoms with E-state index in [0.29, 0.717) is 0 Å². The maximum absolute atomic E-state index is 4.58. The van der Waals surface area contributed by atoms with Crippen LogP contribution in [0.25, 0.3) is 17.3 Å². The van der Waals surface area contributed by atoms with Gasteiger partial charge in [0, 0.05) is 16.3 Å². The summed E-state index contributed by atoms with van der Waals surface area (Å²) in [6.45, 7) is 0. The molecule has 2 aliphatic heterocycles. The number of nitrogens with zero attached hydrogens (tertiary/aromatic N) is 3. The van der Waals surface area contributed by atoms with Gasteiger partial charge in [-0.1, -0.05) is 18.2 Å². The minimum absolute atomic E-state index is 0.950. The molecule has 0 spiro atoms. The average molecular weight is 205 g/mol. The van der Waals surface area contributed by atoms with Crippen molar-refractivity contribution in [2.45, 2.75) is 0 Å². The zero-order valence-corrected chi connectivity index (χ0v) is 8.38. The van der Waals surface area contributed by atoms with Crippen molar-refractivity contribution >= 4 is 17.6 Å². The summed E-state index contributed by atoms with van der Waals surface area (Å²) in [6.07, 6.45) is 1.79. The lowest BCUT2D eigenvalue weighted by Gasteiger charge is -2.00. The van der Waals surface area contributed by atoms with Crippen molar-refractivity contribution in [2.75, 3.05) is 0 Å². The van der Waals surface area contributed by atoms with Gasteiger partial charge in [-0.25, -0.2) is 4.99 Å². The Bertz CT molecular complexity index is 757. The van der Waals surface area contributed by atoms with Crippen molar-refractivity contribution in [1.82, 2.24) is 0 Å². The molecule has 0 aromatic heterocycles. The first-order valence-electron chi connectivity index (χ1n) is 5.16. The molecule has 16 heavy (non-hydrogen) atoms. The second kappa shape index (κ2) is 2.64. The summed E-state index contributed by atoms with van der Waals surface area (Å²) in [5.74, 6) is 0. The van der Waals surface area contributed by atoms with E-state index in [-0.39, 0.29) is 0 Å². The summed E-state index contributed by atoms with van der Waals surface area (Å²) in [5, 5.41) is 10.2. The Kier molecular flexibility index (Phi) is 1.31. The van der Waals surface area contributed by atoms with E-state index in [4.69, 9.17) is 0 Å². The molecule has 3 heteroatoms. The first-order chi connectivity index (χ1) is 7.93. The first kappa shape index (κ1) is 7.93. The maximum atomic E-state index is 4.58. The number of rotatable bonds is 0. The molecule has 0 saturated heterocycles. The number of hydrogen-bond acceptors (Lipinski definition) is 3. The van der Waals surface area contributed by atoms with Crippen molar-refractivity contribution in [3.8, 4) is 11.1 Å². The standard InChI is InChI=1S/C13H7N3/c1-2-4-10-9(3-1)12-11(15-10)6-5-8-7-14-16-13(8)12/h1-7H. The van der Waals surface area contributed by atoms with Gasteiger partial charge in [-0.15, -0.1) is 5.11 Å². The third-order valence-electron chi connectivity index (χ3n) is 2.96. The Morgan fingerprint density at radius 2 is 1.88 bits per heavy atom. The van der Waals surface area contributed by atoms with Crippen LogP contribution in [0, 0.1) is 0 Å². The number of hydrogen-bond donors (Lipinski definition) is 0. The minimum atomic E-state index is 0.950. The predicted molar refractivity (Wildman–Crippen MR) is 61.3 cm³/mol. The topological polar surface area (TPSA) is 37.1 Å². The van der Waals surface area contributed by atoms with Gasteiger partial charge in [-0.3, -0.25) is 0 Å². The monoisotopic (exact) mass is 205 g/mol. The van der Waals surface area contributed by atoms with Gasteiger partial charge in [0.2, 0.25) is 0 Å². The first-order valence-corrected chi connectivity index (χ1v) is 5.16. The molecule has 3 nitrogen and oxygen atoms in total. The van der Waals surface area contributed by atoms with E-state index in [2.05, 4.69) is 21.3 Å². The molecule has 0 unspecified atom stereocenters. The van der Waals surface area contributed by atoms with E-state index >= 15 is 0 Å². The third kappa shape index (κ3) is 0.852. The molecular formula is C13H7N3. The molecule has 0 amide bonds. The molecule has 0 aliphatic carbocycles. The highest BCUT2D eigenvalue weighted by Gasteiger charge is 2.18. The van der Waals surface area contributed by atoms with Gasteiger partial charge in [0.1, 0.15) is 5.69 Å². The fourth-order valence-electron chi connectivity index (χ4n) is 2.23. The van der Waals surface area contributed by atoms with Crippen LogP contribution in [0.5, 0.6) is 0 Å². The van der Waals surface area contributed by atoms with Crippen molar-refractivity contribution in [3.63, 3.8) is 0 Å². The number of para-hydroxylation sites is 1. The van der Waals surface area contributed by atoms with Crippen LogP contribution in [-0.2, 0) is 0 Å². The van der Waals surface area contributed by atoms with Crippen molar-refractivity contribution < 1.29 is 0 Å². The lowest BCUT2D eigenvalue weighted by atomic mass is 10.0. The Hall–Kier alpha value is -2.29. The normalized spacial score (nSPS) is 13.8. The summed E-state index contributed by atoms with van der Waals surface area (Å²) < 4.78 is 0. The minimum Gasteiger partial charge on any atom is -0.248 e. The molecule has 0 radical (unpaired) electrons. The van der Waals surface area contributed by atoms with Gasteiger partial charge >= 0.3 is 0 Å². The molecule has 2 aliphatic rings. The van der Waals surface area contributed by atoms with Gasteiger partial charge in [-0.05, 0) is 18.2 Å². The molecular weight excluding hydrogens is 198 g/mol. The smallest absolute Gasteiger partial charge is 0.105 e. The molecule has 2 aromatic carbocycles. The highest BCUT2D eigenvalue weighted by molar-refractivity contribution is 5.87. The van der Waals surface area contributed by atoms with Crippen molar-refractivity contribution in [2.24, 2.45) is 15.2 Å². The summed E-state index contributed by atoms with van der Waals surface area (Å²) in [4.78, 5) is 4.58. The fourth-order valence-corrected chi connectivity index (χ4v) is 2.23. The molecule has 74 valence electrons. The Morgan fingerprint density at radius 3 is 2.88 bits per heavy atom. The van der Waals surface area contributed by atoms with Crippen LogP contribution in [0.2, 0.25) is 0 Å². The zero-order valence-electron chi connectivity index (χ0n) is 8.38. The molecule has 0 fully saturated rings. The second-order valence-electron chi connectivity index (χ2n) is 3.87. The Balaban J connectivity index is 2.22. The SMILES string of the molecule is C1=c2ccc3c(c2N=N1)-c1ccccc1N=3. The number of benzene rings is 2. The summed E-state index contributed by atoms with van der Waals surface area (Å²) >= 11 is 0. The molecule has 4 rings (SSSR count). The Morgan fingerprint density at radius 1 is 0.938 bits per heavy atom. The average Bonchev–Trinajstić information content (AvgIpc) is 2.91. The zero-order chi connectivity index (χ0) is 10.5.